The first-order valence-corrected chi connectivity index (χ1v) is 7.31. The van der Waals surface area contributed by atoms with E-state index in [2.05, 4.69) is 0 Å². The predicted molar refractivity (Wildman–Crippen MR) is 81.2 cm³/mol. The van der Waals surface area contributed by atoms with Crippen molar-refractivity contribution in [2.45, 2.75) is 32.5 Å². The molecule has 1 aromatic carbocycles. The standard InChI is InChI=1S/C17H18O6/c1-7-15(21)8(2)17-14(16(7)22)12(20)6-13(23-17)9-3-4-10(18)11(19)5-9/h3-5,13-14,17-19,21-22H,6H2,1-2H3/t13-,14-,17+/m1/s1. The van der Waals surface area contributed by atoms with Crippen LogP contribution in [0.5, 0.6) is 11.5 Å². The molecule has 6 heteroatoms. The second kappa shape index (κ2) is 5.31. The topological polar surface area (TPSA) is 107 Å². The molecule has 6 nitrogen and oxygen atoms in total. The summed E-state index contributed by atoms with van der Waals surface area (Å²) < 4.78 is 5.92. The molecule has 1 aliphatic heterocycles. The highest BCUT2D eigenvalue weighted by atomic mass is 16.5. The Kier molecular flexibility index (Phi) is 3.56. The summed E-state index contributed by atoms with van der Waals surface area (Å²) in [7, 11) is 0. The van der Waals surface area contributed by atoms with E-state index in [0.29, 0.717) is 16.7 Å². The van der Waals surface area contributed by atoms with Gasteiger partial charge in [0, 0.05) is 12.0 Å². The predicted octanol–water partition coefficient (Wildman–Crippen LogP) is 2.79. The largest absolute Gasteiger partial charge is 0.511 e. The van der Waals surface area contributed by atoms with Gasteiger partial charge in [0.25, 0.3) is 0 Å². The van der Waals surface area contributed by atoms with Crippen LogP contribution in [0.15, 0.2) is 40.9 Å². The van der Waals surface area contributed by atoms with Gasteiger partial charge in [-0.2, -0.15) is 0 Å². The van der Waals surface area contributed by atoms with Crippen molar-refractivity contribution >= 4 is 5.78 Å². The van der Waals surface area contributed by atoms with Crippen LogP contribution in [0.3, 0.4) is 0 Å². The molecule has 2 aliphatic rings. The van der Waals surface area contributed by atoms with Crippen LogP contribution in [0, 0.1) is 5.92 Å². The second-order valence-electron chi connectivity index (χ2n) is 5.98. The molecule has 0 amide bonds. The van der Waals surface area contributed by atoms with E-state index < -0.39 is 18.1 Å². The molecule has 1 fully saturated rings. The van der Waals surface area contributed by atoms with E-state index in [9.17, 15) is 25.2 Å². The van der Waals surface area contributed by atoms with E-state index in [1.54, 1.807) is 19.9 Å². The Labute approximate surface area is 133 Å². The number of ether oxygens (including phenoxy) is 1. The van der Waals surface area contributed by atoms with Crippen LogP contribution in [0.4, 0.5) is 0 Å². The molecule has 3 rings (SSSR count). The average molecular weight is 318 g/mol. The minimum Gasteiger partial charge on any atom is -0.511 e. The minimum absolute atomic E-state index is 0.0385. The normalized spacial score (nSPS) is 28.1. The monoisotopic (exact) mass is 318 g/mol. The van der Waals surface area contributed by atoms with Crippen LogP contribution in [0.25, 0.3) is 0 Å². The Hall–Kier alpha value is -2.47. The lowest BCUT2D eigenvalue weighted by Crippen LogP contribution is -2.42. The number of fused-ring (bicyclic) bond motifs is 1. The third-order valence-electron chi connectivity index (χ3n) is 4.55. The van der Waals surface area contributed by atoms with Crippen LogP contribution >= 0.6 is 0 Å². The highest BCUT2D eigenvalue weighted by Crippen LogP contribution is 2.43. The fourth-order valence-corrected chi connectivity index (χ4v) is 3.15. The SMILES string of the molecule is CC1=C(O)[C@H]2C(=O)C[C@H](c3ccc(O)c(O)c3)O[C@H]2C(C)=C1O. The van der Waals surface area contributed by atoms with Gasteiger partial charge >= 0.3 is 0 Å². The van der Waals surface area contributed by atoms with E-state index >= 15 is 0 Å². The van der Waals surface area contributed by atoms with Crippen LogP contribution in [0.1, 0.15) is 31.9 Å². The summed E-state index contributed by atoms with van der Waals surface area (Å²) in [6, 6.07) is 4.24. The number of aromatic hydroxyl groups is 2. The van der Waals surface area contributed by atoms with Gasteiger partial charge in [0.15, 0.2) is 11.5 Å². The number of carbonyl (C=O) groups is 1. The van der Waals surface area contributed by atoms with E-state index in [4.69, 9.17) is 4.74 Å². The summed E-state index contributed by atoms with van der Waals surface area (Å²) in [6.45, 7) is 3.22. The molecule has 0 bridgehead atoms. The van der Waals surface area contributed by atoms with Crippen molar-refractivity contribution in [3.8, 4) is 11.5 Å². The van der Waals surface area contributed by atoms with Gasteiger partial charge in [0.05, 0.1) is 12.2 Å². The third kappa shape index (κ3) is 2.35. The van der Waals surface area contributed by atoms with Crippen molar-refractivity contribution in [1.29, 1.82) is 0 Å². The second-order valence-corrected chi connectivity index (χ2v) is 5.98. The molecule has 0 radical (unpaired) electrons. The van der Waals surface area contributed by atoms with Crippen LogP contribution in [-0.2, 0) is 9.53 Å². The zero-order valence-electron chi connectivity index (χ0n) is 12.8. The molecule has 1 aromatic rings. The highest BCUT2D eigenvalue weighted by Gasteiger charge is 2.45. The Balaban J connectivity index is 1.97. The maximum absolute atomic E-state index is 12.5. The molecule has 1 heterocycles. The summed E-state index contributed by atoms with van der Waals surface area (Å²) in [4.78, 5) is 12.5. The Morgan fingerprint density at radius 2 is 1.78 bits per heavy atom. The lowest BCUT2D eigenvalue weighted by atomic mass is 9.78. The first kappa shape index (κ1) is 15.4. The molecule has 4 N–H and O–H groups in total. The molecule has 1 saturated heterocycles. The van der Waals surface area contributed by atoms with Gasteiger partial charge in [-0.15, -0.1) is 0 Å². The smallest absolute Gasteiger partial charge is 0.157 e. The maximum atomic E-state index is 12.5. The highest BCUT2D eigenvalue weighted by molar-refractivity contribution is 5.86. The lowest BCUT2D eigenvalue weighted by Gasteiger charge is -2.39. The van der Waals surface area contributed by atoms with E-state index in [-0.39, 0.29) is 35.2 Å². The van der Waals surface area contributed by atoms with E-state index in [1.165, 1.54) is 12.1 Å². The number of benzene rings is 1. The van der Waals surface area contributed by atoms with Gasteiger partial charge < -0.3 is 25.2 Å². The first-order valence-electron chi connectivity index (χ1n) is 7.31. The zero-order chi connectivity index (χ0) is 16.9. The number of allylic oxidation sites excluding steroid dienone is 1. The molecule has 0 aromatic heterocycles. The van der Waals surface area contributed by atoms with E-state index in [0.717, 1.165) is 0 Å². The van der Waals surface area contributed by atoms with Crippen molar-refractivity contribution in [2.24, 2.45) is 5.92 Å². The number of aliphatic hydroxyl groups is 2. The van der Waals surface area contributed by atoms with Crippen LogP contribution in [-0.4, -0.2) is 32.3 Å². The Morgan fingerprint density at radius 3 is 2.43 bits per heavy atom. The minimum atomic E-state index is -0.812. The third-order valence-corrected chi connectivity index (χ3v) is 4.55. The molecule has 0 spiro atoms. The molecule has 23 heavy (non-hydrogen) atoms. The number of ketones is 1. The summed E-state index contributed by atoms with van der Waals surface area (Å²) >= 11 is 0. The number of carbonyl (C=O) groups excluding carboxylic acids is 1. The van der Waals surface area contributed by atoms with Crippen molar-refractivity contribution in [3.63, 3.8) is 0 Å². The Morgan fingerprint density at radius 1 is 1.09 bits per heavy atom. The van der Waals surface area contributed by atoms with Crippen molar-refractivity contribution in [1.82, 2.24) is 0 Å². The lowest BCUT2D eigenvalue weighted by molar-refractivity contribution is -0.143. The van der Waals surface area contributed by atoms with Crippen LogP contribution < -0.4 is 0 Å². The van der Waals surface area contributed by atoms with Gasteiger partial charge in [0.1, 0.15) is 23.2 Å². The number of rotatable bonds is 1. The first-order chi connectivity index (χ1) is 10.8. The number of hydrogen-bond acceptors (Lipinski definition) is 6. The van der Waals surface area contributed by atoms with Crippen molar-refractivity contribution in [2.75, 3.05) is 0 Å². The number of hydrogen-bond donors (Lipinski definition) is 4. The molecule has 3 atom stereocenters. The molecule has 122 valence electrons. The molecular weight excluding hydrogens is 300 g/mol. The van der Waals surface area contributed by atoms with Crippen molar-refractivity contribution in [3.05, 3.63) is 46.4 Å². The summed E-state index contributed by atoms with van der Waals surface area (Å²) in [5.74, 6) is -1.77. The molecule has 0 unspecified atom stereocenters. The summed E-state index contributed by atoms with van der Waals surface area (Å²) in [5, 5.41) is 39.3. The summed E-state index contributed by atoms with van der Waals surface area (Å²) in [5.41, 5.74) is 1.33. The number of phenols is 2. The van der Waals surface area contributed by atoms with Gasteiger partial charge in [0.2, 0.25) is 0 Å². The van der Waals surface area contributed by atoms with Gasteiger partial charge in [-0.05, 0) is 37.1 Å². The number of Topliss-reactive ketones (excluding diaryl/α,β-unsaturated/α-hetero) is 1. The maximum Gasteiger partial charge on any atom is 0.157 e. The zero-order valence-corrected chi connectivity index (χ0v) is 12.8. The van der Waals surface area contributed by atoms with E-state index in [1.807, 2.05) is 0 Å². The fourth-order valence-electron chi connectivity index (χ4n) is 3.15. The summed E-state index contributed by atoms with van der Waals surface area (Å²) in [6.07, 6.45) is -1.33. The van der Waals surface area contributed by atoms with Crippen molar-refractivity contribution < 1.29 is 30.0 Å². The molecule has 1 aliphatic carbocycles. The van der Waals surface area contributed by atoms with Crippen LogP contribution in [0.2, 0.25) is 0 Å². The number of phenolic OH excluding ortho intramolecular Hbond substituents is 2. The quantitative estimate of drug-likeness (QED) is 0.593. The number of aliphatic hydroxyl groups excluding tert-OH is 2. The fraction of sp³-hybridized carbons (Fsp3) is 0.353. The van der Waals surface area contributed by atoms with Gasteiger partial charge in [-0.3, -0.25) is 4.79 Å². The molecular formula is C17H18O6. The van der Waals surface area contributed by atoms with Gasteiger partial charge in [-0.1, -0.05) is 6.07 Å². The molecule has 0 saturated carbocycles. The average Bonchev–Trinajstić information content (AvgIpc) is 2.52. The van der Waals surface area contributed by atoms with Gasteiger partial charge in [-0.25, -0.2) is 0 Å². The Bertz CT molecular complexity index is 745.